The molecule has 1 aliphatic rings. The third-order valence-corrected chi connectivity index (χ3v) is 6.91. The predicted molar refractivity (Wildman–Crippen MR) is 137 cm³/mol. The Bertz CT molecular complexity index is 1310. The summed E-state index contributed by atoms with van der Waals surface area (Å²) in [6, 6.07) is 16.3. The Morgan fingerprint density at radius 3 is 2.45 bits per heavy atom. The van der Waals surface area contributed by atoms with E-state index < -0.39 is 0 Å². The van der Waals surface area contributed by atoms with Gasteiger partial charge >= 0.3 is 0 Å². The van der Waals surface area contributed by atoms with Crippen LogP contribution in [0.4, 0.5) is 0 Å². The lowest BCUT2D eigenvalue weighted by molar-refractivity contribution is -0.111. The topological polar surface area (TPSA) is 42.2 Å². The number of para-hydroxylation sites is 1. The maximum Gasteiger partial charge on any atom is 0.201 e. The quantitative estimate of drug-likeness (QED) is 0.392. The van der Waals surface area contributed by atoms with Gasteiger partial charge in [0.25, 0.3) is 0 Å². The van der Waals surface area contributed by atoms with Crippen LogP contribution in [0.2, 0.25) is 0 Å². The molecular weight excluding hydrogens is 406 g/mol. The van der Waals surface area contributed by atoms with E-state index in [-0.39, 0.29) is 17.0 Å². The Kier molecular flexibility index (Phi) is 5.92. The van der Waals surface area contributed by atoms with Crippen molar-refractivity contribution in [2.45, 2.75) is 53.0 Å². The number of rotatable bonds is 7. The van der Waals surface area contributed by atoms with E-state index in [1.54, 1.807) is 6.08 Å². The molecule has 4 rings (SSSR count). The van der Waals surface area contributed by atoms with E-state index in [9.17, 15) is 9.90 Å². The number of aromatic nitrogens is 1. The fourth-order valence-corrected chi connectivity index (χ4v) is 4.64. The lowest BCUT2D eigenvalue weighted by Crippen LogP contribution is -2.24. The van der Waals surface area contributed by atoms with Gasteiger partial charge in [-0.25, -0.2) is 0 Å². The second kappa shape index (κ2) is 8.55. The standard InChI is InChI=1S/C30H33NO2/c1-19(2)15-16-31-18-24(22-12-8-10-14-26(22)31)27-28(32)23(29(27)33)17-21(4)30(5,6)25-13-9-7-11-20(25)3/h7-14,17-19,32H,4,15-16H2,1-3,5-6H3/b23-17-. The van der Waals surface area contributed by atoms with Crippen LogP contribution in [0, 0.1) is 12.8 Å². The Hall–Kier alpha value is -3.33. The first-order chi connectivity index (χ1) is 15.6. The number of aliphatic hydroxyl groups excluding tert-OH is 1. The Morgan fingerprint density at radius 1 is 1.12 bits per heavy atom. The fraction of sp³-hybridized carbons (Fsp3) is 0.300. The van der Waals surface area contributed by atoms with Crippen molar-refractivity contribution < 1.29 is 9.90 Å². The normalized spacial score (nSPS) is 15.6. The molecule has 1 aliphatic carbocycles. The van der Waals surface area contributed by atoms with E-state index in [4.69, 9.17) is 0 Å². The van der Waals surface area contributed by atoms with Gasteiger partial charge in [-0.05, 0) is 48.1 Å². The van der Waals surface area contributed by atoms with Gasteiger partial charge in [-0.2, -0.15) is 0 Å². The van der Waals surface area contributed by atoms with Crippen molar-refractivity contribution in [1.82, 2.24) is 4.57 Å². The smallest absolute Gasteiger partial charge is 0.201 e. The molecule has 0 aliphatic heterocycles. The van der Waals surface area contributed by atoms with E-state index in [0.717, 1.165) is 40.6 Å². The number of benzene rings is 2. The molecule has 33 heavy (non-hydrogen) atoms. The van der Waals surface area contributed by atoms with Gasteiger partial charge in [0.15, 0.2) is 0 Å². The molecular formula is C30H33NO2. The molecule has 0 spiro atoms. The number of nitrogens with zero attached hydrogens (tertiary/aromatic N) is 1. The first kappa shape index (κ1) is 22.8. The van der Waals surface area contributed by atoms with Gasteiger partial charge in [0.1, 0.15) is 5.76 Å². The minimum atomic E-state index is -0.360. The number of aliphatic hydroxyl groups is 1. The summed E-state index contributed by atoms with van der Waals surface area (Å²) in [5.41, 5.74) is 5.42. The third-order valence-electron chi connectivity index (χ3n) is 6.91. The number of ketones is 1. The third kappa shape index (κ3) is 3.97. The summed E-state index contributed by atoms with van der Waals surface area (Å²) in [6.07, 6.45) is 4.82. The zero-order valence-corrected chi connectivity index (χ0v) is 20.3. The predicted octanol–water partition coefficient (Wildman–Crippen LogP) is 7.31. The molecule has 3 heteroatoms. The zero-order valence-electron chi connectivity index (χ0n) is 20.3. The molecule has 0 radical (unpaired) electrons. The molecule has 3 aromatic rings. The number of carbonyl (C=O) groups excluding carboxylic acids is 1. The highest BCUT2D eigenvalue weighted by atomic mass is 16.3. The number of aryl methyl sites for hydroxylation is 2. The average Bonchev–Trinajstić information content (AvgIpc) is 3.14. The molecule has 0 saturated carbocycles. The van der Waals surface area contributed by atoms with E-state index in [1.165, 1.54) is 5.56 Å². The summed E-state index contributed by atoms with van der Waals surface area (Å²) in [5.74, 6) is 0.527. The van der Waals surface area contributed by atoms with E-state index in [0.29, 0.717) is 17.1 Å². The monoisotopic (exact) mass is 439 g/mol. The van der Waals surface area contributed by atoms with Gasteiger partial charge in [-0.15, -0.1) is 0 Å². The number of hydrogen-bond donors (Lipinski definition) is 1. The van der Waals surface area contributed by atoms with Crippen LogP contribution >= 0.6 is 0 Å². The van der Waals surface area contributed by atoms with Crippen molar-refractivity contribution in [2.75, 3.05) is 0 Å². The van der Waals surface area contributed by atoms with Gasteiger partial charge in [-0.3, -0.25) is 4.79 Å². The average molecular weight is 440 g/mol. The lowest BCUT2D eigenvalue weighted by atomic mass is 9.74. The number of Topliss-reactive ketones (excluding diaryl/α,β-unsaturated/α-hetero) is 1. The molecule has 0 bridgehead atoms. The van der Waals surface area contributed by atoms with Gasteiger partial charge < -0.3 is 9.67 Å². The molecule has 1 N–H and O–H groups in total. The molecule has 3 nitrogen and oxygen atoms in total. The van der Waals surface area contributed by atoms with Crippen LogP contribution in [0.3, 0.4) is 0 Å². The van der Waals surface area contributed by atoms with Crippen LogP contribution in [0.1, 0.15) is 50.8 Å². The summed E-state index contributed by atoms with van der Waals surface area (Å²) in [5, 5.41) is 12.0. The molecule has 0 fully saturated rings. The second-order valence-corrected chi connectivity index (χ2v) is 10.0. The van der Waals surface area contributed by atoms with Gasteiger partial charge in [0, 0.05) is 34.6 Å². The number of allylic oxidation sites excluding steroid dienone is 4. The maximum atomic E-state index is 13.2. The van der Waals surface area contributed by atoms with Crippen molar-refractivity contribution >= 4 is 22.3 Å². The van der Waals surface area contributed by atoms with Crippen molar-refractivity contribution in [1.29, 1.82) is 0 Å². The van der Waals surface area contributed by atoms with Gasteiger partial charge in [0.2, 0.25) is 5.78 Å². The van der Waals surface area contributed by atoms with Crippen molar-refractivity contribution in [3.05, 3.63) is 101 Å². The largest absolute Gasteiger partial charge is 0.506 e. The van der Waals surface area contributed by atoms with E-state index in [2.05, 4.69) is 64.0 Å². The summed E-state index contributed by atoms with van der Waals surface area (Å²) >= 11 is 0. The SMILES string of the molecule is C=C(/C=C1\C(=O)C(c2cn(CCC(C)C)c3ccccc23)=C1O)C(C)(C)c1ccccc1C. The van der Waals surface area contributed by atoms with Crippen LogP contribution in [0.15, 0.2) is 84.3 Å². The molecule has 0 atom stereocenters. The van der Waals surface area contributed by atoms with E-state index >= 15 is 0 Å². The minimum Gasteiger partial charge on any atom is -0.506 e. The summed E-state index contributed by atoms with van der Waals surface area (Å²) in [4.78, 5) is 13.2. The Morgan fingerprint density at radius 2 is 1.79 bits per heavy atom. The number of fused-ring (bicyclic) bond motifs is 1. The van der Waals surface area contributed by atoms with Crippen molar-refractivity contribution in [3.8, 4) is 0 Å². The molecule has 0 unspecified atom stereocenters. The first-order valence-corrected chi connectivity index (χ1v) is 11.7. The fourth-order valence-electron chi connectivity index (χ4n) is 4.64. The zero-order chi connectivity index (χ0) is 23.9. The Balaban J connectivity index is 1.71. The highest BCUT2D eigenvalue weighted by Crippen LogP contribution is 2.42. The van der Waals surface area contributed by atoms with Crippen LogP contribution in [0.5, 0.6) is 0 Å². The van der Waals surface area contributed by atoms with E-state index in [1.807, 2.05) is 36.5 Å². The van der Waals surface area contributed by atoms with Gasteiger partial charge in [-0.1, -0.05) is 76.7 Å². The minimum absolute atomic E-state index is 0.0634. The molecule has 0 amide bonds. The van der Waals surface area contributed by atoms with Crippen LogP contribution in [0.25, 0.3) is 16.5 Å². The summed E-state index contributed by atoms with van der Waals surface area (Å²) in [6.45, 7) is 15.8. The highest BCUT2D eigenvalue weighted by molar-refractivity contribution is 6.40. The number of carbonyl (C=O) groups is 1. The molecule has 170 valence electrons. The van der Waals surface area contributed by atoms with Crippen LogP contribution in [-0.2, 0) is 16.8 Å². The Labute approximate surface area is 196 Å². The van der Waals surface area contributed by atoms with Gasteiger partial charge in [0.05, 0.1) is 11.1 Å². The summed E-state index contributed by atoms with van der Waals surface area (Å²) < 4.78 is 2.19. The van der Waals surface area contributed by atoms with Crippen molar-refractivity contribution in [3.63, 3.8) is 0 Å². The molecule has 0 saturated heterocycles. The molecule has 1 heterocycles. The first-order valence-electron chi connectivity index (χ1n) is 11.7. The molecule has 2 aromatic carbocycles. The highest BCUT2D eigenvalue weighted by Gasteiger charge is 2.37. The summed E-state index contributed by atoms with van der Waals surface area (Å²) in [7, 11) is 0. The molecule has 1 aromatic heterocycles. The lowest BCUT2D eigenvalue weighted by Gasteiger charge is -2.30. The maximum absolute atomic E-state index is 13.2. The van der Waals surface area contributed by atoms with Crippen molar-refractivity contribution in [2.24, 2.45) is 5.92 Å². The van der Waals surface area contributed by atoms with Crippen LogP contribution < -0.4 is 0 Å². The second-order valence-electron chi connectivity index (χ2n) is 10.0. The van der Waals surface area contributed by atoms with Crippen LogP contribution in [-0.4, -0.2) is 15.5 Å². The number of hydrogen-bond acceptors (Lipinski definition) is 2.